The highest BCUT2D eigenvalue weighted by molar-refractivity contribution is 5.89. The van der Waals surface area contributed by atoms with Crippen LogP contribution in [0.25, 0.3) is 11.0 Å². The van der Waals surface area contributed by atoms with Crippen LogP contribution in [-0.2, 0) is 0 Å². The van der Waals surface area contributed by atoms with Gasteiger partial charge in [-0.2, -0.15) is 4.68 Å². The molecule has 0 amide bonds. The van der Waals surface area contributed by atoms with Crippen molar-refractivity contribution < 1.29 is 14.5 Å². The smallest absolute Gasteiger partial charge is 0.310 e. The van der Waals surface area contributed by atoms with E-state index in [1.807, 2.05) is 0 Å². The molecule has 0 atom stereocenters. The molecule has 0 fully saturated rings. The number of hydrogen-bond donors (Lipinski definition) is 0. The lowest BCUT2D eigenvalue weighted by Gasteiger charge is -2.05. The number of carbonyl (C=O) groups is 1. The highest BCUT2D eigenvalue weighted by atomic mass is 16.6. The summed E-state index contributed by atoms with van der Waals surface area (Å²) in [5.74, 6) is -0.433. The fraction of sp³-hybridized carbons (Fsp3) is 0.0714. The van der Waals surface area contributed by atoms with Gasteiger partial charge in [0.25, 0.3) is 5.91 Å². The van der Waals surface area contributed by atoms with E-state index in [1.165, 1.54) is 18.2 Å². The lowest BCUT2D eigenvalue weighted by atomic mass is 10.3. The van der Waals surface area contributed by atoms with Crippen LogP contribution in [0.4, 0.5) is 5.69 Å². The van der Waals surface area contributed by atoms with Crippen LogP contribution in [-0.4, -0.2) is 32.4 Å². The second-order valence-corrected chi connectivity index (χ2v) is 4.40. The van der Waals surface area contributed by atoms with Crippen molar-refractivity contribution in [3.8, 4) is 5.75 Å². The summed E-state index contributed by atoms with van der Waals surface area (Å²) in [6.45, 7) is -0.377. The number of nitro benzene ring substituents is 1. The summed E-state index contributed by atoms with van der Waals surface area (Å²) in [5, 5.41) is 18.5. The molecule has 0 bridgehead atoms. The van der Waals surface area contributed by atoms with Crippen molar-refractivity contribution in [2.45, 2.75) is 0 Å². The van der Waals surface area contributed by atoms with Gasteiger partial charge in [-0.1, -0.05) is 29.5 Å². The van der Waals surface area contributed by atoms with Crippen molar-refractivity contribution in [3.05, 3.63) is 58.6 Å². The van der Waals surface area contributed by atoms with Gasteiger partial charge in [0, 0.05) is 6.07 Å². The van der Waals surface area contributed by atoms with Gasteiger partial charge in [0.2, 0.25) is 0 Å². The Morgan fingerprint density at radius 3 is 2.73 bits per heavy atom. The van der Waals surface area contributed by atoms with Crippen LogP contribution in [0.2, 0.25) is 0 Å². The van der Waals surface area contributed by atoms with E-state index in [9.17, 15) is 14.9 Å². The Bertz CT molecular complexity index is 859. The van der Waals surface area contributed by atoms with Crippen molar-refractivity contribution in [1.29, 1.82) is 0 Å². The highest BCUT2D eigenvalue weighted by Crippen LogP contribution is 2.25. The summed E-state index contributed by atoms with van der Waals surface area (Å²) in [5.41, 5.74) is 0.943. The van der Waals surface area contributed by atoms with Crippen molar-refractivity contribution in [3.63, 3.8) is 0 Å². The van der Waals surface area contributed by atoms with E-state index in [0.717, 1.165) is 4.68 Å². The summed E-state index contributed by atoms with van der Waals surface area (Å²) < 4.78 is 6.37. The Labute approximate surface area is 124 Å². The minimum absolute atomic E-state index is 0.0327. The molecule has 0 spiro atoms. The number of hydrogen-bond acceptors (Lipinski definition) is 6. The molecule has 3 aromatic rings. The van der Waals surface area contributed by atoms with Crippen molar-refractivity contribution in [1.82, 2.24) is 15.0 Å². The number of ether oxygens (including phenoxy) is 1. The molecular formula is C14H10N4O4. The average Bonchev–Trinajstić information content (AvgIpc) is 2.97. The van der Waals surface area contributed by atoms with Gasteiger partial charge in [-0.15, -0.1) is 5.10 Å². The van der Waals surface area contributed by atoms with Gasteiger partial charge in [0.1, 0.15) is 5.52 Å². The van der Waals surface area contributed by atoms with Crippen LogP contribution >= 0.6 is 0 Å². The van der Waals surface area contributed by atoms with Crippen LogP contribution in [0.3, 0.4) is 0 Å². The third-order valence-electron chi connectivity index (χ3n) is 3.00. The summed E-state index contributed by atoms with van der Waals surface area (Å²) in [4.78, 5) is 22.5. The Balaban J connectivity index is 1.80. The number of para-hydroxylation sites is 3. The summed E-state index contributed by atoms with van der Waals surface area (Å²) in [6, 6.07) is 12.9. The number of benzene rings is 2. The topological polar surface area (TPSA) is 100 Å². The number of rotatable bonds is 4. The van der Waals surface area contributed by atoms with Gasteiger partial charge in [0.15, 0.2) is 12.4 Å². The predicted octanol–water partition coefficient (Wildman–Crippen LogP) is 2.06. The minimum atomic E-state index is -0.565. The van der Waals surface area contributed by atoms with Crippen molar-refractivity contribution in [2.24, 2.45) is 0 Å². The third kappa shape index (κ3) is 2.49. The lowest BCUT2D eigenvalue weighted by molar-refractivity contribution is -0.385. The fourth-order valence-electron chi connectivity index (χ4n) is 1.98. The van der Waals surface area contributed by atoms with Crippen molar-refractivity contribution >= 4 is 22.6 Å². The van der Waals surface area contributed by atoms with Gasteiger partial charge in [-0.25, -0.2) is 0 Å². The molecule has 1 heterocycles. The Morgan fingerprint density at radius 1 is 1.18 bits per heavy atom. The zero-order valence-corrected chi connectivity index (χ0v) is 11.2. The summed E-state index contributed by atoms with van der Waals surface area (Å²) in [7, 11) is 0. The van der Waals surface area contributed by atoms with E-state index in [2.05, 4.69) is 10.3 Å². The van der Waals surface area contributed by atoms with E-state index in [0.29, 0.717) is 11.0 Å². The third-order valence-corrected chi connectivity index (χ3v) is 3.00. The fourth-order valence-corrected chi connectivity index (χ4v) is 1.98. The molecule has 0 N–H and O–H groups in total. The Morgan fingerprint density at radius 2 is 1.91 bits per heavy atom. The number of nitro groups is 1. The second-order valence-electron chi connectivity index (χ2n) is 4.40. The molecule has 0 aliphatic carbocycles. The maximum absolute atomic E-state index is 12.1. The largest absolute Gasteiger partial charge is 0.477 e. The number of aromatic nitrogens is 3. The summed E-state index contributed by atoms with van der Waals surface area (Å²) in [6.07, 6.45) is 0. The van der Waals surface area contributed by atoms with E-state index in [4.69, 9.17) is 4.74 Å². The maximum atomic E-state index is 12.1. The van der Waals surface area contributed by atoms with Gasteiger partial charge in [-0.05, 0) is 18.2 Å². The number of carbonyl (C=O) groups excluding carboxylic acids is 1. The standard InChI is InChI=1S/C14H10N4O4/c19-14(17-11-6-2-1-5-10(11)15-16-17)9-22-13-8-4-3-7-12(13)18(20)21/h1-8H,9H2. The molecule has 0 radical (unpaired) electrons. The van der Waals surface area contributed by atoms with Gasteiger partial charge in [-0.3, -0.25) is 14.9 Å². The van der Waals surface area contributed by atoms with Gasteiger partial charge >= 0.3 is 5.69 Å². The first-order valence-corrected chi connectivity index (χ1v) is 6.36. The Hall–Kier alpha value is -3.29. The molecule has 0 aliphatic rings. The van der Waals surface area contributed by atoms with Crippen LogP contribution in [0.5, 0.6) is 5.75 Å². The van der Waals surface area contributed by atoms with Crippen molar-refractivity contribution in [2.75, 3.05) is 6.61 Å². The Kier molecular flexibility index (Phi) is 3.48. The zero-order chi connectivity index (χ0) is 15.5. The molecule has 0 saturated carbocycles. The molecule has 22 heavy (non-hydrogen) atoms. The summed E-state index contributed by atoms with van der Waals surface area (Å²) >= 11 is 0. The normalized spacial score (nSPS) is 10.5. The predicted molar refractivity (Wildman–Crippen MR) is 76.7 cm³/mol. The first-order chi connectivity index (χ1) is 10.7. The SMILES string of the molecule is O=C(COc1ccccc1[N+](=O)[O-])n1nnc2ccccc21. The molecule has 0 saturated heterocycles. The molecule has 8 heteroatoms. The number of nitrogens with zero attached hydrogens (tertiary/aromatic N) is 4. The van der Waals surface area contributed by atoms with E-state index >= 15 is 0 Å². The monoisotopic (exact) mass is 298 g/mol. The zero-order valence-electron chi connectivity index (χ0n) is 11.2. The van der Waals surface area contributed by atoms with Gasteiger partial charge < -0.3 is 4.74 Å². The van der Waals surface area contributed by atoms with Crippen LogP contribution in [0, 0.1) is 10.1 Å². The number of fused-ring (bicyclic) bond motifs is 1. The van der Waals surface area contributed by atoms with E-state index in [-0.39, 0.29) is 18.0 Å². The first kappa shape index (κ1) is 13.7. The molecule has 110 valence electrons. The molecule has 0 unspecified atom stereocenters. The quantitative estimate of drug-likeness (QED) is 0.540. The minimum Gasteiger partial charge on any atom is -0.477 e. The molecule has 1 aromatic heterocycles. The lowest BCUT2D eigenvalue weighted by Crippen LogP contribution is -2.20. The maximum Gasteiger partial charge on any atom is 0.310 e. The second kappa shape index (κ2) is 5.60. The molecular weight excluding hydrogens is 288 g/mol. The molecule has 0 aliphatic heterocycles. The first-order valence-electron chi connectivity index (χ1n) is 6.36. The van der Waals surface area contributed by atoms with Gasteiger partial charge in [0.05, 0.1) is 10.4 Å². The van der Waals surface area contributed by atoms with Crippen LogP contribution in [0.15, 0.2) is 48.5 Å². The molecule has 3 rings (SSSR count). The van der Waals surface area contributed by atoms with Crippen LogP contribution in [0.1, 0.15) is 4.79 Å². The van der Waals surface area contributed by atoms with Crippen LogP contribution < -0.4 is 4.74 Å². The van der Waals surface area contributed by atoms with E-state index < -0.39 is 10.8 Å². The molecule has 8 nitrogen and oxygen atoms in total. The van der Waals surface area contributed by atoms with E-state index in [1.54, 1.807) is 30.3 Å². The average molecular weight is 298 g/mol. The highest BCUT2D eigenvalue weighted by Gasteiger charge is 2.17. The molecule has 2 aromatic carbocycles.